The highest BCUT2D eigenvalue weighted by Crippen LogP contribution is 2.28. The van der Waals surface area contributed by atoms with Gasteiger partial charge in [0.05, 0.1) is 22.2 Å². The van der Waals surface area contributed by atoms with Gasteiger partial charge in [-0.05, 0) is 19.1 Å². The summed E-state index contributed by atoms with van der Waals surface area (Å²) < 4.78 is 1.55. The largest absolute Gasteiger partial charge is 0.507 e. The van der Waals surface area contributed by atoms with Crippen molar-refractivity contribution in [3.63, 3.8) is 0 Å². The van der Waals surface area contributed by atoms with Gasteiger partial charge in [0, 0.05) is 7.05 Å². The standard InChI is InChI=1S/C10H10N2O3/c1-5-9-7(12(2)11-5)3-6(10(14)15)4-8(9)13/h3-4,13H,1-2H3,(H,14,15). The van der Waals surface area contributed by atoms with Crippen LogP contribution in [0.15, 0.2) is 12.1 Å². The molecule has 5 nitrogen and oxygen atoms in total. The Bertz CT molecular complexity index is 557. The van der Waals surface area contributed by atoms with E-state index in [1.165, 1.54) is 12.1 Å². The van der Waals surface area contributed by atoms with Crippen LogP contribution in [-0.2, 0) is 7.05 Å². The molecule has 2 aromatic rings. The van der Waals surface area contributed by atoms with Gasteiger partial charge in [-0.2, -0.15) is 5.10 Å². The van der Waals surface area contributed by atoms with E-state index in [2.05, 4.69) is 5.10 Å². The lowest BCUT2D eigenvalue weighted by Gasteiger charge is -2.00. The summed E-state index contributed by atoms with van der Waals surface area (Å²) >= 11 is 0. The monoisotopic (exact) mass is 206 g/mol. The van der Waals surface area contributed by atoms with Crippen molar-refractivity contribution in [3.8, 4) is 5.75 Å². The Hall–Kier alpha value is -2.04. The molecule has 0 unspecified atom stereocenters. The van der Waals surface area contributed by atoms with Gasteiger partial charge in [0.2, 0.25) is 0 Å². The second-order valence-electron chi connectivity index (χ2n) is 3.40. The molecule has 0 bridgehead atoms. The number of phenols is 1. The van der Waals surface area contributed by atoms with Crippen LogP contribution in [0, 0.1) is 6.92 Å². The Kier molecular flexibility index (Phi) is 1.89. The van der Waals surface area contributed by atoms with Crippen molar-refractivity contribution in [3.05, 3.63) is 23.4 Å². The third kappa shape index (κ3) is 1.32. The van der Waals surface area contributed by atoms with Crippen molar-refractivity contribution in [1.82, 2.24) is 9.78 Å². The second-order valence-corrected chi connectivity index (χ2v) is 3.40. The number of benzene rings is 1. The summed E-state index contributed by atoms with van der Waals surface area (Å²) in [5.41, 5.74) is 1.36. The topological polar surface area (TPSA) is 75.4 Å². The van der Waals surface area contributed by atoms with Crippen LogP contribution in [-0.4, -0.2) is 26.0 Å². The first kappa shape index (κ1) is 9.51. The highest BCUT2D eigenvalue weighted by molar-refractivity contribution is 5.97. The molecule has 0 amide bonds. The first-order chi connectivity index (χ1) is 7.00. The number of aryl methyl sites for hydroxylation is 2. The molecular formula is C10H10N2O3. The van der Waals surface area contributed by atoms with E-state index in [0.29, 0.717) is 16.6 Å². The molecule has 0 aliphatic heterocycles. The summed E-state index contributed by atoms with van der Waals surface area (Å²) in [5.74, 6) is -1.11. The van der Waals surface area contributed by atoms with Crippen LogP contribution in [0.3, 0.4) is 0 Å². The molecule has 0 aliphatic rings. The van der Waals surface area contributed by atoms with Crippen LogP contribution in [0.25, 0.3) is 10.9 Å². The number of hydrogen-bond donors (Lipinski definition) is 2. The zero-order valence-electron chi connectivity index (χ0n) is 8.35. The molecule has 2 rings (SSSR count). The third-order valence-corrected chi connectivity index (χ3v) is 2.35. The molecule has 0 aliphatic carbocycles. The van der Waals surface area contributed by atoms with Crippen LogP contribution < -0.4 is 0 Å². The Morgan fingerprint density at radius 3 is 2.73 bits per heavy atom. The number of phenolic OH excluding ortho intramolecular Hbond substituents is 1. The minimum absolute atomic E-state index is 0.0458. The number of carbonyl (C=O) groups is 1. The van der Waals surface area contributed by atoms with Crippen LogP contribution in [0.4, 0.5) is 0 Å². The average Bonchev–Trinajstić information content (AvgIpc) is 2.42. The highest BCUT2D eigenvalue weighted by Gasteiger charge is 2.13. The van der Waals surface area contributed by atoms with Crippen LogP contribution in [0.2, 0.25) is 0 Å². The maximum Gasteiger partial charge on any atom is 0.335 e. The van der Waals surface area contributed by atoms with Crippen molar-refractivity contribution >= 4 is 16.9 Å². The molecule has 0 fully saturated rings. The molecule has 1 aromatic carbocycles. The van der Waals surface area contributed by atoms with Crippen LogP contribution >= 0.6 is 0 Å². The molecule has 1 heterocycles. The van der Waals surface area contributed by atoms with Gasteiger partial charge in [-0.25, -0.2) is 4.79 Å². The molecule has 15 heavy (non-hydrogen) atoms. The first-order valence-corrected chi connectivity index (χ1v) is 4.40. The second kappa shape index (κ2) is 2.98. The Morgan fingerprint density at radius 2 is 2.13 bits per heavy atom. The van der Waals surface area contributed by atoms with E-state index < -0.39 is 5.97 Å². The summed E-state index contributed by atoms with van der Waals surface area (Å²) in [6, 6.07) is 2.73. The fourth-order valence-corrected chi connectivity index (χ4v) is 1.69. The van der Waals surface area contributed by atoms with E-state index in [9.17, 15) is 9.90 Å². The number of fused-ring (bicyclic) bond motifs is 1. The van der Waals surface area contributed by atoms with E-state index in [-0.39, 0.29) is 11.3 Å². The summed E-state index contributed by atoms with van der Waals surface area (Å²) in [5, 5.41) is 23.2. The van der Waals surface area contributed by atoms with Crippen molar-refractivity contribution in [2.24, 2.45) is 7.05 Å². The SMILES string of the molecule is Cc1nn(C)c2cc(C(=O)O)cc(O)c12. The van der Waals surface area contributed by atoms with Gasteiger partial charge in [-0.1, -0.05) is 0 Å². The summed E-state index contributed by atoms with van der Waals surface area (Å²) in [7, 11) is 1.71. The molecule has 78 valence electrons. The number of nitrogens with zero attached hydrogens (tertiary/aromatic N) is 2. The Balaban J connectivity index is 2.87. The first-order valence-electron chi connectivity index (χ1n) is 4.40. The molecule has 1 aromatic heterocycles. The van der Waals surface area contributed by atoms with E-state index in [1.54, 1.807) is 18.7 Å². The molecule has 5 heteroatoms. The smallest absolute Gasteiger partial charge is 0.335 e. The fraction of sp³-hybridized carbons (Fsp3) is 0.200. The van der Waals surface area contributed by atoms with E-state index in [1.807, 2.05) is 0 Å². The molecule has 0 spiro atoms. The number of carboxylic acids is 1. The van der Waals surface area contributed by atoms with Gasteiger partial charge in [0.15, 0.2) is 0 Å². The van der Waals surface area contributed by atoms with E-state index in [0.717, 1.165) is 0 Å². The molecule has 0 saturated carbocycles. The fourth-order valence-electron chi connectivity index (χ4n) is 1.69. The van der Waals surface area contributed by atoms with Gasteiger partial charge < -0.3 is 10.2 Å². The predicted octanol–water partition coefficient (Wildman–Crippen LogP) is 1.29. The van der Waals surface area contributed by atoms with Gasteiger partial charge >= 0.3 is 5.97 Å². The van der Waals surface area contributed by atoms with Gasteiger partial charge in [-0.3, -0.25) is 4.68 Å². The number of hydrogen-bond acceptors (Lipinski definition) is 3. The highest BCUT2D eigenvalue weighted by atomic mass is 16.4. The minimum atomic E-state index is -1.06. The number of aromatic nitrogens is 2. The number of rotatable bonds is 1. The Morgan fingerprint density at radius 1 is 1.47 bits per heavy atom. The normalized spacial score (nSPS) is 10.8. The Labute approximate surface area is 85.6 Å². The maximum absolute atomic E-state index is 10.8. The van der Waals surface area contributed by atoms with Gasteiger partial charge in [-0.15, -0.1) is 0 Å². The zero-order valence-corrected chi connectivity index (χ0v) is 8.35. The van der Waals surface area contributed by atoms with Crippen molar-refractivity contribution in [2.75, 3.05) is 0 Å². The van der Waals surface area contributed by atoms with Crippen LogP contribution in [0.1, 0.15) is 16.1 Å². The maximum atomic E-state index is 10.8. The van der Waals surface area contributed by atoms with Gasteiger partial charge in [0.25, 0.3) is 0 Å². The summed E-state index contributed by atoms with van der Waals surface area (Å²) in [4.78, 5) is 10.8. The van der Waals surface area contributed by atoms with Crippen molar-refractivity contribution in [2.45, 2.75) is 6.92 Å². The zero-order chi connectivity index (χ0) is 11.2. The molecule has 2 N–H and O–H groups in total. The molecule has 0 atom stereocenters. The molecule has 0 radical (unpaired) electrons. The van der Waals surface area contributed by atoms with Crippen molar-refractivity contribution < 1.29 is 15.0 Å². The number of aromatic hydroxyl groups is 1. The predicted molar refractivity (Wildman–Crippen MR) is 54.1 cm³/mol. The van der Waals surface area contributed by atoms with Crippen molar-refractivity contribution in [1.29, 1.82) is 0 Å². The number of carboxylic acid groups (broad SMARTS) is 1. The minimum Gasteiger partial charge on any atom is -0.507 e. The van der Waals surface area contributed by atoms with E-state index in [4.69, 9.17) is 5.11 Å². The lowest BCUT2D eigenvalue weighted by Crippen LogP contribution is -1.97. The quantitative estimate of drug-likeness (QED) is 0.737. The molecular weight excluding hydrogens is 196 g/mol. The summed E-state index contributed by atoms with van der Waals surface area (Å²) in [6.07, 6.45) is 0. The van der Waals surface area contributed by atoms with E-state index >= 15 is 0 Å². The summed E-state index contributed by atoms with van der Waals surface area (Å²) in [6.45, 7) is 1.77. The molecule has 0 saturated heterocycles. The number of aromatic carboxylic acids is 1. The lowest BCUT2D eigenvalue weighted by atomic mass is 10.1. The average molecular weight is 206 g/mol. The third-order valence-electron chi connectivity index (χ3n) is 2.35. The van der Waals surface area contributed by atoms with Crippen LogP contribution in [0.5, 0.6) is 5.75 Å². The van der Waals surface area contributed by atoms with Gasteiger partial charge in [0.1, 0.15) is 5.75 Å². The lowest BCUT2D eigenvalue weighted by molar-refractivity contribution is 0.0696.